The normalized spacial score (nSPS) is 20.8. The Morgan fingerprint density at radius 3 is 2.29 bits per heavy atom. The highest BCUT2D eigenvalue weighted by Crippen LogP contribution is 2.47. The molecule has 4 heteroatoms. The van der Waals surface area contributed by atoms with Crippen LogP contribution in [0, 0.1) is 11.3 Å². The first-order valence-electron chi connectivity index (χ1n) is 15.6. The average molecular weight is 608 g/mol. The molecular weight excluding hydrogens is 567 g/mol. The molecule has 3 nitrogen and oxygen atoms in total. The second-order valence-electron chi connectivity index (χ2n) is 12.1. The molecule has 2 aliphatic rings. The summed E-state index contributed by atoms with van der Waals surface area (Å²) < 4.78 is 0. The minimum Gasteiger partial charge on any atom is -0.351 e. The number of thioether (sulfide) groups is 1. The molecule has 226 valence electrons. The quantitative estimate of drug-likeness (QED) is 0.107. The lowest BCUT2D eigenvalue weighted by atomic mass is 9.69. The number of benzene rings is 4. The van der Waals surface area contributed by atoms with E-state index in [0.717, 1.165) is 35.1 Å². The van der Waals surface area contributed by atoms with Gasteiger partial charge in [-0.1, -0.05) is 147 Å². The van der Waals surface area contributed by atoms with Crippen molar-refractivity contribution < 1.29 is 0 Å². The van der Waals surface area contributed by atoms with Crippen molar-refractivity contribution in [2.45, 2.75) is 32.0 Å². The monoisotopic (exact) mass is 607 g/mol. The number of nitrogens with one attached hydrogen (secondary N) is 1. The van der Waals surface area contributed by atoms with Crippen molar-refractivity contribution in [2.75, 3.05) is 6.26 Å². The zero-order valence-corrected chi connectivity index (χ0v) is 26.9. The molecule has 0 saturated heterocycles. The van der Waals surface area contributed by atoms with Gasteiger partial charge < -0.3 is 11.1 Å². The summed E-state index contributed by atoms with van der Waals surface area (Å²) >= 11 is 1.88. The van der Waals surface area contributed by atoms with Gasteiger partial charge in [0.15, 0.2) is 0 Å². The first-order valence-corrected chi connectivity index (χ1v) is 16.9. The molecule has 3 atom stereocenters. The predicted molar refractivity (Wildman–Crippen MR) is 194 cm³/mol. The zero-order valence-electron chi connectivity index (χ0n) is 26.1. The molecule has 0 spiro atoms. The Morgan fingerprint density at radius 1 is 0.889 bits per heavy atom. The van der Waals surface area contributed by atoms with Crippen LogP contribution in [0.25, 0.3) is 16.7 Å². The number of hydrogen-bond donors (Lipinski definition) is 2. The molecule has 0 amide bonds. The van der Waals surface area contributed by atoms with Crippen molar-refractivity contribution in [1.29, 1.82) is 0 Å². The van der Waals surface area contributed by atoms with Crippen LogP contribution >= 0.6 is 11.8 Å². The van der Waals surface area contributed by atoms with Crippen molar-refractivity contribution >= 4 is 23.7 Å². The topological polar surface area (TPSA) is 50.4 Å². The Kier molecular flexibility index (Phi) is 9.34. The zero-order chi connectivity index (χ0) is 31.1. The Hall–Kier alpha value is -4.38. The molecule has 0 fully saturated rings. The van der Waals surface area contributed by atoms with E-state index in [1.165, 1.54) is 21.6 Å². The number of nitrogens with zero attached hydrogens (tertiary/aromatic N) is 1. The van der Waals surface area contributed by atoms with Gasteiger partial charge in [-0.15, -0.1) is 11.8 Å². The van der Waals surface area contributed by atoms with E-state index in [1.54, 1.807) is 6.34 Å². The summed E-state index contributed by atoms with van der Waals surface area (Å²) in [6, 6.07) is 37.8. The Balaban J connectivity index is 1.19. The van der Waals surface area contributed by atoms with E-state index >= 15 is 0 Å². The van der Waals surface area contributed by atoms with Gasteiger partial charge in [0.05, 0.1) is 12.9 Å². The second kappa shape index (κ2) is 13.7. The van der Waals surface area contributed by atoms with Crippen molar-refractivity contribution in [3.63, 3.8) is 0 Å². The summed E-state index contributed by atoms with van der Waals surface area (Å²) in [6.07, 6.45) is 19.9. The van der Waals surface area contributed by atoms with Crippen LogP contribution in [0.3, 0.4) is 0 Å². The van der Waals surface area contributed by atoms with Gasteiger partial charge in [-0.3, -0.25) is 4.99 Å². The molecule has 4 aromatic rings. The van der Waals surface area contributed by atoms with Crippen LogP contribution in [0.4, 0.5) is 0 Å². The van der Waals surface area contributed by atoms with Gasteiger partial charge in [0.2, 0.25) is 0 Å². The van der Waals surface area contributed by atoms with E-state index in [9.17, 15) is 0 Å². The maximum absolute atomic E-state index is 7.22. The fraction of sp³-hybridized carbons (Fsp3) is 0.195. The molecule has 0 saturated carbocycles. The van der Waals surface area contributed by atoms with Crippen molar-refractivity contribution in [1.82, 2.24) is 5.32 Å². The molecule has 0 aromatic heterocycles. The lowest BCUT2D eigenvalue weighted by Gasteiger charge is -2.38. The standard InChI is InChI=1S/C41H41N3S/c1-40(38-18-9-10-19-39(38)45-2)26-24-34(25-27-40)35-14-11-17-37(28-35)41(42,36-15-7-4-8-16-36)44-30-43-29-31-20-22-33(23-21-31)32-12-5-3-6-13-32/h3-17,19-26,28,30,38H,18,27,29,42H2,1-2H3,(H,43,44). The average Bonchev–Trinajstić information content (AvgIpc) is 3.11. The van der Waals surface area contributed by atoms with E-state index in [0.29, 0.717) is 12.5 Å². The molecule has 45 heavy (non-hydrogen) atoms. The smallest absolute Gasteiger partial charge is 0.139 e. The van der Waals surface area contributed by atoms with Gasteiger partial charge in [-0.2, -0.15) is 0 Å². The summed E-state index contributed by atoms with van der Waals surface area (Å²) in [5.41, 5.74) is 14.3. The lowest BCUT2D eigenvalue weighted by Crippen LogP contribution is -2.50. The van der Waals surface area contributed by atoms with Crippen LogP contribution in [0.5, 0.6) is 0 Å². The van der Waals surface area contributed by atoms with E-state index < -0.39 is 5.66 Å². The van der Waals surface area contributed by atoms with Crippen LogP contribution in [-0.2, 0) is 12.2 Å². The van der Waals surface area contributed by atoms with Crippen LogP contribution in [-0.4, -0.2) is 12.6 Å². The van der Waals surface area contributed by atoms with Gasteiger partial charge in [0, 0.05) is 5.92 Å². The summed E-state index contributed by atoms with van der Waals surface area (Å²) in [4.78, 5) is 6.18. The maximum atomic E-state index is 7.22. The van der Waals surface area contributed by atoms with Crippen molar-refractivity contribution in [3.05, 3.63) is 173 Å². The Morgan fingerprint density at radius 2 is 1.58 bits per heavy atom. The first kappa shape index (κ1) is 30.6. The highest BCUT2D eigenvalue weighted by molar-refractivity contribution is 8.02. The molecule has 0 bridgehead atoms. The first-order chi connectivity index (χ1) is 22.0. The Bertz CT molecular complexity index is 1750. The third-order valence-corrected chi connectivity index (χ3v) is 10.0. The van der Waals surface area contributed by atoms with E-state index in [4.69, 9.17) is 10.7 Å². The SMILES string of the molecule is CSC1=CC=CCC1C1(C)C=CC(c2cccc(C(N)(N/C=N\Cc3ccc(-c4ccccc4)cc3)c3ccccc3)c2)=CC1. The molecule has 0 aliphatic heterocycles. The maximum Gasteiger partial charge on any atom is 0.139 e. The summed E-state index contributed by atoms with van der Waals surface area (Å²) in [5.74, 6) is 0.512. The second-order valence-corrected chi connectivity index (χ2v) is 13.0. The third kappa shape index (κ3) is 6.83. The Labute approximate surface area is 272 Å². The number of allylic oxidation sites excluding steroid dienone is 8. The largest absolute Gasteiger partial charge is 0.351 e. The lowest BCUT2D eigenvalue weighted by molar-refractivity contribution is 0.305. The fourth-order valence-corrected chi connectivity index (χ4v) is 7.21. The van der Waals surface area contributed by atoms with E-state index in [-0.39, 0.29) is 5.41 Å². The number of aliphatic imine (C=N–C) groups is 1. The van der Waals surface area contributed by atoms with Crippen LogP contribution in [0.2, 0.25) is 0 Å². The molecule has 0 radical (unpaired) electrons. The minimum absolute atomic E-state index is 0.0995. The van der Waals surface area contributed by atoms with E-state index in [1.807, 2.05) is 36.0 Å². The fourth-order valence-electron chi connectivity index (χ4n) is 6.34. The molecule has 0 heterocycles. The van der Waals surface area contributed by atoms with Crippen LogP contribution in [0.1, 0.15) is 42.0 Å². The molecule has 3 N–H and O–H groups in total. The van der Waals surface area contributed by atoms with Gasteiger partial charge in [0.25, 0.3) is 0 Å². The van der Waals surface area contributed by atoms with Gasteiger partial charge in [-0.25, -0.2) is 0 Å². The number of hydrogen-bond acceptors (Lipinski definition) is 3. The van der Waals surface area contributed by atoms with Crippen molar-refractivity contribution in [2.24, 2.45) is 22.1 Å². The molecular formula is C41H41N3S. The third-order valence-electron chi connectivity index (χ3n) is 9.15. The number of nitrogens with two attached hydrogens (primary N) is 1. The highest BCUT2D eigenvalue weighted by Gasteiger charge is 2.35. The van der Waals surface area contributed by atoms with Crippen LogP contribution in [0.15, 0.2) is 156 Å². The molecule has 2 aliphatic carbocycles. The summed E-state index contributed by atoms with van der Waals surface area (Å²) in [7, 11) is 0. The summed E-state index contributed by atoms with van der Waals surface area (Å²) in [6.45, 7) is 2.95. The molecule has 6 rings (SSSR count). The number of rotatable bonds is 10. The minimum atomic E-state index is -0.947. The van der Waals surface area contributed by atoms with Crippen molar-refractivity contribution in [3.8, 4) is 11.1 Å². The summed E-state index contributed by atoms with van der Waals surface area (Å²) in [5, 5.41) is 3.47. The van der Waals surface area contributed by atoms with E-state index in [2.05, 4.69) is 140 Å². The highest BCUT2D eigenvalue weighted by atomic mass is 32.2. The van der Waals surface area contributed by atoms with Gasteiger partial charge in [-0.05, 0) is 74.4 Å². The molecule has 3 unspecified atom stereocenters. The predicted octanol–water partition coefficient (Wildman–Crippen LogP) is 9.50. The van der Waals surface area contributed by atoms with Gasteiger partial charge in [0.1, 0.15) is 5.66 Å². The van der Waals surface area contributed by atoms with Gasteiger partial charge >= 0.3 is 0 Å². The molecule has 4 aromatic carbocycles. The van der Waals surface area contributed by atoms with Crippen LogP contribution < -0.4 is 11.1 Å².